The van der Waals surface area contributed by atoms with E-state index in [0.29, 0.717) is 16.3 Å². The van der Waals surface area contributed by atoms with Gasteiger partial charge in [-0.1, -0.05) is 6.92 Å². The molecule has 4 N–H and O–H groups in total. The van der Waals surface area contributed by atoms with Crippen LogP contribution in [0.25, 0.3) is 0 Å². The van der Waals surface area contributed by atoms with E-state index < -0.39 is 5.91 Å². The van der Waals surface area contributed by atoms with Gasteiger partial charge in [0.05, 0.1) is 17.4 Å². The highest BCUT2D eigenvalue weighted by molar-refractivity contribution is 7.99. The third-order valence-electron chi connectivity index (χ3n) is 1.42. The number of hydrogen-bond donors (Lipinski definition) is 2. The van der Waals surface area contributed by atoms with Crippen LogP contribution in [-0.4, -0.2) is 16.6 Å². The van der Waals surface area contributed by atoms with Crippen LogP contribution in [0.15, 0.2) is 17.3 Å². The van der Waals surface area contributed by atoms with Crippen LogP contribution in [0, 0.1) is 0 Å². The number of pyridine rings is 1. The molecular weight excluding hydrogens is 186 g/mol. The lowest BCUT2D eigenvalue weighted by atomic mass is 10.2. The first-order valence-corrected chi connectivity index (χ1v) is 4.81. The first-order valence-electron chi connectivity index (χ1n) is 3.83. The molecule has 0 spiro atoms. The topological polar surface area (TPSA) is 82.0 Å². The quantitative estimate of drug-likeness (QED) is 0.704. The number of thioether (sulfide) groups is 1. The minimum atomic E-state index is -0.490. The van der Waals surface area contributed by atoms with Crippen molar-refractivity contribution in [2.45, 2.75) is 11.9 Å². The van der Waals surface area contributed by atoms with Crippen LogP contribution in [0.3, 0.4) is 0 Å². The lowest BCUT2D eigenvalue weighted by Crippen LogP contribution is -2.13. The van der Waals surface area contributed by atoms with E-state index in [1.807, 2.05) is 6.92 Å². The molecule has 0 aliphatic heterocycles. The lowest BCUT2D eigenvalue weighted by Gasteiger charge is -2.03. The molecule has 0 fully saturated rings. The average molecular weight is 197 g/mol. The Kier molecular flexibility index (Phi) is 3.13. The third-order valence-corrected chi connectivity index (χ3v) is 2.31. The van der Waals surface area contributed by atoms with E-state index in [-0.39, 0.29) is 0 Å². The monoisotopic (exact) mass is 197 g/mol. The van der Waals surface area contributed by atoms with Gasteiger partial charge in [-0.15, -0.1) is 11.8 Å². The number of nitrogens with two attached hydrogens (primary N) is 2. The summed E-state index contributed by atoms with van der Waals surface area (Å²) in [6.45, 7) is 1.98. The molecule has 0 saturated carbocycles. The number of amides is 1. The molecule has 0 atom stereocenters. The maximum absolute atomic E-state index is 11.0. The minimum absolute atomic E-state index is 0.395. The van der Waals surface area contributed by atoms with Crippen LogP contribution in [0.5, 0.6) is 0 Å². The maximum atomic E-state index is 11.0. The number of nitrogens with zero attached hydrogens (tertiary/aromatic N) is 1. The van der Waals surface area contributed by atoms with Gasteiger partial charge in [0.25, 0.3) is 5.91 Å². The summed E-state index contributed by atoms with van der Waals surface area (Å²) in [5.74, 6) is 0.354. The highest BCUT2D eigenvalue weighted by Gasteiger charge is 2.09. The zero-order chi connectivity index (χ0) is 9.84. The van der Waals surface area contributed by atoms with E-state index in [4.69, 9.17) is 11.5 Å². The number of carbonyl (C=O) groups is 1. The third kappa shape index (κ3) is 2.35. The summed E-state index contributed by atoms with van der Waals surface area (Å²) in [4.78, 5) is 15.0. The van der Waals surface area contributed by atoms with Gasteiger partial charge in [-0.2, -0.15) is 0 Å². The van der Waals surface area contributed by atoms with Gasteiger partial charge in [0.15, 0.2) is 0 Å². The van der Waals surface area contributed by atoms with Gasteiger partial charge >= 0.3 is 0 Å². The van der Waals surface area contributed by atoms with E-state index in [2.05, 4.69) is 4.98 Å². The fraction of sp³-hybridized carbons (Fsp3) is 0.250. The molecule has 1 aromatic rings. The Morgan fingerprint density at radius 1 is 1.69 bits per heavy atom. The molecule has 0 aliphatic carbocycles. The molecule has 70 valence electrons. The minimum Gasteiger partial charge on any atom is -0.397 e. The SMILES string of the molecule is CCSc1ncc(N)cc1C(N)=O. The molecular formula is C8H11N3OS. The fourth-order valence-corrected chi connectivity index (χ4v) is 1.61. The summed E-state index contributed by atoms with van der Waals surface area (Å²) in [6.07, 6.45) is 1.52. The molecule has 1 aromatic heterocycles. The van der Waals surface area contributed by atoms with Gasteiger partial charge in [-0.3, -0.25) is 4.79 Å². The first kappa shape index (κ1) is 9.85. The standard InChI is InChI=1S/C8H11N3OS/c1-2-13-8-6(7(10)12)3-5(9)4-11-8/h3-4H,2,9H2,1H3,(H2,10,12). The lowest BCUT2D eigenvalue weighted by molar-refractivity contribution is 0.0997. The second-order valence-electron chi connectivity index (χ2n) is 2.42. The molecule has 13 heavy (non-hydrogen) atoms. The predicted octanol–water partition coefficient (Wildman–Crippen LogP) is 0.875. The van der Waals surface area contributed by atoms with Crippen LogP contribution in [-0.2, 0) is 0 Å². The van der Waals surface area contributed by atoms with Crippen LogP contribution in [0.4, 0.5) is 5.69 Å². The average Bonchev–Trinajstić information content (AvgIpc) is 2.08. The number of carbonyl (C=O) groups excluding carboxylic acids is 1. The summed E-state index contributed by atoms with van der Waals surface area (Å²) in [5.41, 5.74) is 11.5. The van der Waals surface area contributed by atoms with Crippen molar-refractivity contribution in [3.05, 3.63) is 17.8 Å². The van der Waals surface area contributed by atoms with Gasteiger partial charge in [0.2, 0.25) is 0 Å². The van der Waals surface area contributed by atoms with Crippen molar-refractivity contribution in [3.8, 4) is 0 Å². The summed E-state index contributed by atoms with van der Waals surface area (Å²) in [5, 5.41) is 0.643. The number of primary amides is 1. The molecule has 0 saturated heterocycles. The molecule has 0 aromatic carbocycles. The number of anilines is 1. The predicted molar refractivity (Wildman–Crippen MR) is 53.6 cm³/mol. The van der Waals surface area contributed by atoms with Crippen molar-refractivity contribution in [3.63, 3.8) is 0 Å². The van der Waals surface area contributed by atoms with Crippen molar-refractivity contribution in [1.29, 1.82) is 0 Å². The molecule has 0 bridgehead atoms. The van der Waals surface area contributed by atoms with Gasteiger partial charge in [-0.25, -0.2) is 4.98 Å². The van der Waals surface area contributed by atoms with E-state index >= 15 is 0 Å². The van der Waals surface area contributed by atoms with Crippen molar-refractivity contribution in [2.24, 2.45) is 5.73 Å². The Balaban J connectivity index is 3.10. The van der Waals surface area contributed by atoms with Crippen LogP contribution in [0.1, 0.15) is 17.3 Å². The molecule has 0 aliphatic rings. The zero-order valence-electron chi connectivity index (χ0n) is 7.28. The van der Waals surface area contributed by atoms with Gasteiger partial charge in [-0.05, 0) is 11.8 Å². The number of aromatic nitrogens is 1. The van der Waals surface area contributed by atoms with E-state index in [1.54, 1.807) is 6.07 Å². The second kappa shape index (κ2) is 4.13. The molecule has 0 unspecified atom stereocenters. The van der Waals surface area contributed by atoms with Crippen molar-refractivity contribution >= 4 is 23.4 Å². The van der Waals surface area contributed by atoms with Gasteiger partial charge in [0.1, 0.15) is 5.03 Å². The summed E-state index contributed by atoms with van der Waals surface area (Å²) in [7, 11) is 0. The van der Waals surface area contributed by atoms with Gasteiger partial charge < -0.3 is 11.5 Å². The van der Waals surface area contributed by atoms with Crippen molar-refractivity contribution in [1.82, 2.24) is 4.98 Å². The Labute approximate surface area is 80.7 Å². The fourth-order valence-electron chi connectivity index (χ4n) is 0.897. The van der Waals surface area contributed by atoms with Crippen LogP contribution >= 0.6 is 11.8 Å². The highest BCUT2D eigenvalue weighted by Crippen LogP contribution is 2.20. The Morgan fingerprint density at radius 2 is 2.38 bits per heavy atom. The summed E-state index contributed by atoms with van der Waals surface area (Å²) < 4.78 is 0. The highest BCUT2D eigenvalue weighted by atomic mass is 32.2. The molecule has 0 radical (unpaired) electrons. The molecule has 1 heterocycles. The Morgan fingerprint density at radius 3 is 2.92 bits per heavy atom. The van der Waals surface area contributed by atoms with E-state index in [1.165, 1.54) is 18.0 Å². The maximum Gasteiger partial charge on any atom is 0.251 e. The first-order chi connectivity index (χ1) is 6.15. The van der Waals surface area contributed by atoms with Crippen molar-refractivity contribution < 1.29 is 4.79 Å². The van der Waals surface area contributed by atoms with E-state index in [0.717, 1.165) is 5.75 Å². The second-order valence-corrected chi connectivity index (χ2v) is 3.67. The molecule has 1 rings (SSSR count). The summed E-state index contributed by atoms with van der Waals surface area (Å²) in [6, 6.07) is 1.55. The molecule has 1 amide bonds. The Hall–Kier alpha value is -1.23. The molecule has 5 heteroatoms. The van der Waals surface area contributed by atoms with Gasteiger partial charge in [0, 0.05) is 0 Å². The number of nitrogen functional groups attached to an aromatic ring is 1. The zero-order valence-corrected chi connectivity index (χ0v) is 8.10. The van der Waals surface area contributed by atoms with E-state index in [9.17, 15) is 4.79 Å². The van der Waals surface area contributed by atoms with Crippen molar-refractivity contribution in [2.75, 3.05) is 11.5 Å². The summed E-state index contributed by atoms with van der Waals surface area (Å²) >= 11 is 1.47. The number of hydrogen-bond acceptors (Lipinski definition) is 4. The molecule has 4 nitrogen and oxygen atoms in total. The van der Waals surface area contributed by atoms with Crippen LogP contribution < -0.4 is 11.5 Å². The number of rotatable bonds is 3. The normalized spacial score (nSPS) is 9.92. The Bertz CT molecular complexity index is 327. The largest absolute Gasteiger partial charge is 0.397 e. The smallest absolute Gasteiger partial charge is 0.251 e. The van der Waals surface area contributed by atoms with Crippen LogP contribution in [0.2, 0.25) is 0 Å².